The summed E-state index contributed by atoms with van der Waals surface area (Å²) < 4.78 is 19.7. The van der Waals surface area contributed by atoms with Gasteiger partial charge in [0.25, 0.3) is 0 Å². The highest BCUT2D eigenvalue weighted by Crippen LogP contribution is 2.41. The number of halogens is 1. The molecule has 0 radical (unpaired) electrons. The topological polar surface area (TPSA) is 124 Å². The Balaban J connectivity index is 1.40. The minimum atomic E-state index is -0.540. The van der Waals surface area contributed by atoms with E-state index >= 15 is 0 Å². The first kappa shape index (κ1) is 19.3. The first-order valence-corrected chi connectivity index (χ1v) is 11.1. The second-order valence-corrected chi connectivity index (χ2v) is 9.10. The lowest BCUT2D eigenvalue weighted by Gasteiger charge is -2.36. The summed E-state index contributed by atoms with van der Waals surface area (Å²) >= 11 is 0. The van der Waals surface area contributed by atoms with Crippen LogP contribution >= 0.6 is 0 Å². The summed E-state index contributed by atoms with van der Waals surface area (Å²) in [5.74, 6) is 0.189. The SMILES string of the molecule is N#Cc1c(N)oc2c(F)ccc(C3CCc4c(N5CC6CCC(C5)N6)nc(=O)[nH]c4C3)c12. The molecule has 1 aromatic carbocycles. The zero-order valence-corrected chi connectivity index (χ0v) is 17.4. The molecule has 2 aliphatic heterocycles. The molecule has 3 aromatic rings. The van der Waals surface area contributed by atoms with Gasteiger partial charge in [0.05, 0.1) is 0 Å². The predicted octanol–water partition coefficient (Wildman–Crippen LogP) is 2.32. The van der Waals surface area contributed by atoms with Crippen LogP contribution in [0.5, 0.6) is 0 Å². The highest BCUT2D eigenvalue weighted by atomic mass is 19.1. The molecule has 164 valence electrons. The van der Waals surface area contributed by atoms with E-state index in [0.717, 1.165) is 61.4 Å². The number of hydrogen-bond donors (Lipinski definition) is 3. The highest BCUT2D eigenvalue weighted by molar-refractivity contribution is 5.92. The number of fused-ring (bicyclic) bond motifs is 4. The number of nitrogens with one attached hydrogen (secondary N) is 2. The minimum absolute atomic E-state index is 0.000182. The molecule has 6 rings (SSSR count). The number of aromatic amines is 1. The van der Waals surface area contributed by atoms with Gasteiger partial charge in [-0.2, -0.15) is 10.2 Å². The molecule has 9 heteroatoms. The number of nitrogen functional groups attached to an aromatic ring is 1. The van der Waals surface area contributed by atoms with Crippen molar-refractivity contribution in [2.75, 3.05) is 23.7 Å². The van der Waals surface area contributed by atoms with Crippen LogP contribution in [0, 0.1) is 17.1 Å². The highest BCUT2D eigenvalue weighted by Gasteiger charge is 2.35. The van der Waals surface area contributed by atoms with E-state index in [1.807, 2.05) is 0 Å². The maximum absolute atomic E-state index is 14.4. The lowest BCUT2D eigenvalue weighted by atomic mass is 9.80. The van der Waals surface area contributed by atoms with Gasteiger partial charge in [-0.05, 0) is 49.7 Å². The molecule has 8 nitrogen and oxygen atoms in total. The summed E-state index contributed by atoms with van der Waals surface area (Å²) in [7, 11) is 0. The third kappa shape index (κ3) is 2.90. The Morgan fingerprint density at radius 1 is 1.25 bits per heavy atom. The molecule has 0 amide bonds. The average molecular weight is 434 g/mol. The molecule has 1 aliphatic carbocycles. The lowest BCUT2D eigenvalue weighted by molar-refractivity contribution is 0.460. The lowest BCUT2D eigenvalue weighted by Crippen LogP contribution is -2.52. The van der Waals surface area contributed by atoms with Gasteiger partial charge in [0, 0.05) is 41.8 Å². The van der Waals surface area contributed by atoms with Crippen molar-refractivity contribution in [2.45, 2.75) is 50.1 Å². The second-order valence-electron chi connectivity index (χ2n) is 9.10. The number of piperazine rings is 1. The van der Waals surface area contributed by atoms with Gasteiger partial charge in [-0.1, -0.05) is 6.07 Å². The van der Waals surface area contributed by atoms with Gasteiger partial charge < -0.3 is 25.4 Å². The van der Waals surface area contributed by atoms with Gasteiger partial charge in [-0.3, -0.25) is 0 Å². The zero-order chi connectivity index (χ0) is 22.0. The third-order valence-electron chi connectivity index (χ3n) is 7.21. The van der Waals surface area contributed by atoms with Crippen LogP contribution in [0.4, 0.5) is 16.1 Å². The molecule has 4 heterocycles. The fourth-order valence-corrected chi connectivity index (χ4v) is 5.80. The number of H-pyrrole nitrogens is 1. The molecule has 4 N–H and O–H groups in total. The maximum Gasteiger partial charge on any atom is 0.347 e. The van der Waals surface area contributed by atoms with Crippen LogP contribution in [0.3, 0.4) is 0 Å². The van der Waals surface area contributed by atoms with Crippen LogP contribution in [-0.2, 0) is 12.8 Å². The summed E-state index contributed by atoms with van der Waals surface area (Å²) in [5.41, 5.74) is 8.45. The number of aromatic nitrogens is 2. The van der Waals surface area contributed by atoms with Crippen LogP contribution < -0.4 is 21.6 Å². The van der Waals surface area contributed by atoms with E-state index in [1.54, 1.807) is 6.07 Å². The smallest absolute Gasteiger partial charge is 0.347 e. The molecular formula is C23H23FN6O2. The van der Waals surface area contributed by atoms with Gasteiger partial charge in [0.1, 0.15) is 17.5 Å². The number of benzene rings is 1. The number of hydrogen-bond acceptors (Lipinski definition) is 7. The van der Waals surface area contributed by atoms with E-state index in [-0.39, 0.29) is 28.6 Å². The van der Waals surface area contributed by atoms with E-state index in [1.165, 1.54) is 6.07 Å². The first-order chi connectivity index (χ1) is 15.5. The van der Waals surface area contributed by atoms with E-state index in [0.29, 0.717) is 23.9 Å². The number of nitrogens with zero attached hydrogens (tertiary/aromatic N) is 3. The Morgan fingerprint density at radius 3 is 2.78 bits per heavy atom. The van der Waals surface area contributed by atoms with Crippen molar-refractivity contribution >= 4 is 22.7 Å². The Morgan fingerprint density at radius 2 is 2.03 bits per heavy atom. The quantitative estimate of drug-likeness (QED) is 0.565. The van der Waals surface area contributed by atoms with E-state index < -0.39 is 5.82 Å². The molecule has 3 aliphatic rings. The number of nitriles is 1. The second kappa shape index (κ2) is 7.07. The fraction of sp³-hybridized carbons (Fsp3) is 0.435. The third-order valence-corrected chi connectivity index (χ3v) is 7.21. The van der Waals surface area contributed by atoms with Crippen molar-refractivity contribution in [1.82, 2.24) is 15.3 Å². The average Bonchev–Trinajstić information content (AvgIpc) is 3.31. The van der Waals surface area contributed by atoms with Gasteiger partial charge >= 0.3 is 5.69 Å². The summed E-state index contributed by atoms with van der Waals surface area (Å²) in [4.78, 5) is 22.0. The molecule has 2 saturated heterocycles. The van der Waals surface area contributed by atoms with Crippen molar-refractivity contribution in [3.63, 3.8) is 0 Å². The van der Waals surface area contributed by atoms with Crippen molar-refractivity contribution in [1.29, 1.82) is 5.26 Å². The Labute approximate surface area is 183 Å². The standard InChI is InChI=1S/C23H23FN6O2/c24-17-6-5-14(19-16(8-25)21(26)32-20(17)19)11-1-4-15-18(7-11)28-23(31)29-22(15)30-9-12-2-3-13(10-30)27-12/h5-6,11-13,27H,1-4,7,9-10,26H2,(H,28,29,31). The normalized spacial score (nSPS) is 24.5. The number of furan rings is 1. The number of rotatable bonds is 2. The summed E-state index contributed by atoms with van der Waals surface area (Å²) in [5, 5.41) is 13.6. The largest absolute Gasteiger partial charge is 0.436 e. The molecule has 32 heavy (non-hydrogen) atoms. The van der Waals surface area contributed by atoms with Crippen LogP contribution in [-0.4, -0.2) is 35.1 Å². The van der Waals surface area contributed by atoms with Gasteiger partial charge in [-0.15, -0.1) is 0 Å². The number of anilines is 2. The van der Waals surface area contributed by atoms with E-state index in [9.17, 15) is 14.4 Å². The Hall–Kier alpha value is -3.38. The van der Waals surface area contributed by atoms with Crippen molar-refractivity contribution in [3.05, 3.63) is 50.8 Å². The van der Waals surface area contributed by atoms with E-state index in [4.69, 9.17) is 10.2 Å². The van der Waals surface area contributed by atoms with Gasteiger partial charge in [-0.25, -0.2) is 9.18 Å². The molecule has 3 atom stereocenters. The fourth-order valence-electron chi connectivity index (χ4n) is 5.80. The van der Waals surface area contributed by atoms with Crippen LogP contribution in [0.1, 0.15) is 47.6 Å². The van der Waals surface area contributed by atoms with Crippen molar-refractivity contribution < 1.29 is 8.81 Å². The Bertz CT molecular complexity index is 1330. The zero-order valence-electron chi connectivity index (χ0n) is 17.4. The number of nitrogens with two attached hydrogens (primary N) is 1. The van der Waals surface area contributed by atoms with Crippen molar-refractivity contribution in [3.8, 4) is 6.07 Å². The van der Waals surface area contributed by atoms with Crippen LogP contribution in [0.25, 0.3) is 11.0 Å². The molecule has 0 spiro atoms. The van der Waals surface area contributed by atoms with E-state index in [2.05, 4.69) is 26.3 Å². The molecule has 3 unspecified atom stereocenters. The molecular weight excluding hydrogens is 411 g/mol. The Kier molecular flexibility index (Phi) is 4.27. The minimum Gasteiger partial charge on any atom is -0.436 e. The monoisotopic (exact) mass is 434 g/mol. The predicted molar refractivity (Wildman–Crippen MR) is 117 cm³/mol. The first-order valence-electron chi connectivity index (χ1n) is 11.1. The summed E-state index contributed by atoms with van der Waals surface area (Å²) in [6.07, 6.45) is 4.43. The summed E-state index contributed by atoms with van der Waals surface area (Å²) in [6.45, 7) is 1.72. The maximum atomic E-state index is 14.4. The van der Waals surface area contributed by atoms with Crippen molar-refractivity contribution in [2.24, 2.45) is 0 Å². The summed E-state index contributed by atoms with van der Waals surface area (Å²) in [6, 6.07) is 6.01. The van der Waals surface area contributed by atoms with Gasteiger partial charge in [0.15, 0.2) is 11.4 Å². The molecule has 0 saturated carbocycles. The molecule has 2 bridgehead atoms. The molecule has 2 aromatic heterocycles. The molecule has 2 fully saturated rings. The van der Waals surface area contributed by atoms with Gasteiger partial charge in [0.2, 0.25) is 5.88 Å². The van der Waals surface area contributed by atoms with Crippen LogP contribution in [0.2, 0.25) is 0 Å². The van der Waals surface area contributed by atoms with Crippen LogP contribution in [0.15, 0.2) is 21.3 Å².